The summed E-state index contributed by atoms with van der Waals surface area (Å²) in [5.74, 6) is 0.494. The van der Waals surface area contributed by atoms with Gasteiger partial charge in [0.15, 0.2) is 5.96 Å². The summed E-state index contributed by atoms with van der Waals surface area (Å²) in [5, 5.41) is 6.79. The van der Waals surface area contributed by atoms with E-state index in [2.05, 4.69) is 46.8 Å². The van der Waals surface area contributed by atoms with Crippen LogP contribution in [0.25, 0.3) is 0 Å². The largest absolute Gasteiger partial charge is 0.381 e. The van der Waals surface area contributed by atoms with Crippen molar-refractivity contribution in [3.63, 3.8) is 0 Å². The lowest BCUT2D eigenvalue weighted by atomic mass is 9.72. The standard InChI is InChI=1S/C23H30FN3O.HI/c1-3-25-22(26-16-19-9-5-7-11-21(19)24)27-17-23(12-14-28-15-13-23)20-10-6-4-8-18(20)2;/h4-11H,3,12-17H2,1-2H3,(H2,25,26,27);1H. The number of nitrogens with zero attached hydrogens (tertiary/aromatic N) is 1. The van der Waals surface area contributed by atoms with Gasteiger partial charge in [0.2, 0.25) is 0 Å². The zero-order valence-electron chi connectivity index (χ0n) is 17.2. The van der Waals surface area contributed by atoms with E-state index in [0.717, 1.165) is 39.1 Å². The molecule has 2 aromatic rings. The van der Waals surface area contributed by atoms with Gasteiger partial charge in [-0.2, -0.15) is 0 Å². The summed E-state index contributed by atoms with van der Waals surface area (Å²) < 4.78 is 19.5. The van der Waals surface area contributed by atoms with Crippen LogP contribution in [0.2, 0.25) is 0 Å². The summed E-state index contributed by atoms with van der Waals surface area (Å²) in [7, 11) is 0. The highest BCUT2D eigenvalue weighted by atomic mass is 127. The topological polar surface area (TPSA) is 45.7 Å². The van der Waals surface area contributed by atoms with Crippen LogP contribution in [0.5, 0.6) is 0 Å². The molecule has 4 nitrogen and oxygen atoms in total. The lowest BCUT2D eigenvalue weighted by Crippen LogP contribution is -2.48. The minimum atomic E-state index is -0.220. The third-order valence-corrected chi connectivity index (χ3v) is 5.47. The maximum atomic E-state index is 13.9. The van der Waals surface area contributed by atoms with Crippen molar-refractivity contribution >= 4 is 29.9 Å². The molecule has 2 aromatic carbocycles. The summed E-state index contributed by atoms with van der Waals surface area (Å²) in [5.41, 5.74) is 3.28. The zero-order chi connectivity index (χ0) is 19.8. The highest BCUT2D eigenvalue weighted by molar-refractivity contribution is 14.0. The summed E-state index contributed by atoms with van der Waals surface area (Å²) in [6.45, 7) is 7.56. The second-order valence-electron chi connectivity index (χ2n) is 7.35. The number of aliphatic imine (C=N–C) groups is 1. The molecule has 1 heterocycles. The molecule has 1 aliphatic rings. The van der Waals surface area contributed by atoms with E-state index in [1.807, 2.05) is 13.0 Å². The highest BCUT2D eigenvalue weighted by Crippen LogP contribution is 2.36. The number of halogens is 2. The first-order valence-corrected chi connectivity index (χ1v) is 10.0. The van der Waals surface area contributed by atoms with E-state index in [-0.39, 0.29) is 35.2 Å². The molecule has 0 spiro atoms. The third-order valence-electron chi connectivity index (χ3n) is 5.47. The number of aryl methyl sites for hydroxylation is 1. The minimum absolute atomic E-state index is 0. The molecule has 158 valence electrons. The molecule has 0 radical (unpaired) electrons. The Morgan fingerprint density at radius 1 is 1.07 bits per heavy atom. The van der Waals surface area contributed by atoms with E-state index in [9.17, 15) is 4.39 Å². The van der Waals surface area contributed by atoms with Crippen LogP contribution < -0.4 is 10.6 Å². The van der Waals surface area contributed by atoms with Gasteiger partial charge in [0.25, 0.3) is 0 Å². The minimum Gasteiger partial charge on any atom is -0.381 e. The van der Waals surface area contributed by atoms with Crippen LogP contribution in [-0.2, 0) is 16.7 Å². The average Bonchev–Trinajstić information content (AvgIpc) is 2.72. The van der Waals surface area contributed by atoms with Crippen LogP contribution in [-0.4, -0.2) is 32.3 Å². The van der Waals surface area contributed by atoms with Gasteiger partial charge in [-0.15, -0.1) is 24.0 Å². The molecule has 3 rings (SSSR count). The molecule has 29 heavy (non-hydrogen) atoms. The Morgan fingerprint density at radius 2 is 1.76 bits per heavy atom. The van der Waals surface area contributed by atoms with Gasteiger partial charge in [0.1, 0.15) is 5.82 Å². The van der Waals surface area contributed by atoms with Gasteiger partial charge in [-0.25, -0.2) is 9.38 Å². The number of hydrogen-bond donors (Lipinski definition) is 2. The number of hydrogen-bond acceptors (Lipinski definition) is 2. The maximum Gasteiger partial charge on any atom is 0.191 e. The van der Waals surface area contributed by atoms with Crippen LogP contribution >= 0.6 is 24.0 Å². The molecular formula is C23H31FIN3O. The lowest BCUT2D eigenvalue weighted by molar-refractivity contribution is 0.0512. The fraction of sp³-hybridized carbons (Fsp3) is 0.435. The number of ether oxygens (including phenoxy) is 1. The Balaban J connectivity index is 0.00000300. The van der Waals surface area contributed by atoms with Crippen molar-refractivity contribution in [3.8, 4) is 0 Å². The Kier molecular flexibility index (Phi) is 9.36. The van der Waals surface area contributed by atoms with Crippen LogP contribution in [0.1, 0.15) is 36.5 Å². The second kappa shape index (κ2) is 11.5. The Bertz CT molecular complexity index is 806. The molecule has 0 bridgehead atoms. The predicted molar refractivity (Wildman–Crippen MR) is 128 cm³/mol. The smallest absolute Gasteiger partial charge is 0.191 e. The average molecular weight is 511 g/mol. The van der Waals surface area contributed by atoms with Crippen LogP contribution in [0.15, 0.2) is 53.5 Å². The van der Waals surface area contributed by atoms with E-state index in [1.54, 1.807) is 12.1 Å². The highest BCUT2D eigenvalue weighted by Gasteiger charge is 2.35. The van der Waals surface area contributed by atoms with Crippen molar-refractivity contribution in [1.82, 2.24) is 10.6 Å². The summed E-state index contributed by atoms with van der Waals surface area (Å²) >= 11 is 0. The van der Waals surface area contributed by atoms with E-state index in [1.165, 1.54) is 17.2 Å². The van der Waals surface area contributed by atoms with E-state index >= 15 is 0 Å². The third kappa shape index (κ3) is 6.15. The molecule has 1 saturated heterocycles. The SMILES string of the molecule is CCNC(=NCc1ccccc1F)NCC1(c2ccccc2C)CCOCC1.I. The Morgan fingerprint density at radius 3 is 2.45 bits per heavy atom. The van der Waals surface area contributed by atoms with Crippen molar-refractivity contribution in [3.05, 3.63) is 71.0 Å². The first kappa shape index (κ1) is 23.6. The van der Waals surface area contributed by atoms with Crippen molar-refractivity contribution in [2.24, 2.45) is 4.99 Å². The summed E-state index contributed by atoms with van der Waals surface area (Å²) in [6, 6.07) is 15.4. The van der Waals surface area contributed by atoms with Crippen molar-refractivity contribution in [2.45, 2.75) is 38.6 Å². The number of rotatable bonds is 6. The molecule has 6 heteroatoms. The van der Waals surface area contributed by atoms with E-state index in [0.29, 0.717) is 18.1 Å². The molecule has 2 N–H and O–H groups in total. The molecule has 1 fully saturated rings. The van der Waals surface area contributed by atoms with E-state index in [4.69, 9.17) is 4.74 Å². The predicted octanol–water partition coefficient (Wildman–Crippen LogP) is 4.56. The van der Waals surface area contributed by atoms with Crippen molar-refractivity contribution in [1.29, 1.82) is 0 Å². The number of nitrogens with one attached hydrogen (secondary N) is 2. The van der Waals surface area contributed by atoms with Crippen LogP contribution in [0.4, 0.5) is 4.39 Å². The van der Waals surface area contributed by atoms with Gasteiger partial charge < -0.3 is 15.4 Å². The maximum absolute atomic E-state index is 13.9. The van der Waals surface area contributed by atoms with E-state index < -0.39 is 0 Å². The first-order chi connectivity index (χ1) is 13.6. The molecule has 0 saturated carbocycles. The van der Waals surface area contributed by atoms with Crippen LogP contribution in [0.3, 0.4) is 0 Å². The monoisotopic (exact) mass is 511 g/mol. The first-order valence-electron chi connectivity index (χ1n) is 10.0. The molecule has 0 aliphatic carbocycles. The summed E-state index contributed by atoms with van der Waals surface area (Å²) in [6.07, 6.45) is 1.94. The van der Waals surface area contributed by atoms with Crippen molar-refractivity contribution in [2.75, 3.05) is 26.3 Å². The summed E-state index contributed by atoms with van der Waals surface area (Å²) in [4.78, 5) is 4.60. The number of guanidine groups is 1. The fourth-order valence-corrected chi connectivity index (χ4v) is 3.86. The van der Waals surface area contributed by atoms with Gasteiger partial charge >= 0.3 is 0 Å². The Labute approximate surface area is 190 Å². The molecule has 0 amide bonds. The Hall–Kier alpha value is -1.67. The molecule has 0 aromatic heterocycles. The lowest BCUT2D eigenvalue weighted by Gasteiger charge is -2.39. The molecular weight excluding hydrogens is 480 g/mol. The van der Waals surface area contributed by atoms with Gasteiger partial charge in [-0.05, 0) is 43.9 Å². The van der Waals surface area contributed by atoms with Gasteiger partial charge in [-0.1, -0.05) is 42.5 Å². The van der Waals surface area contributed by atoms with Gasteiger partial charge in [0.05, 0.1) is 6.54 Å². The number of benzene rings is 2. The van der Waals surface area contributed by atoms with Gasteiger partial charge in [0, 0.05) is 37.3 Å². The molecule has 1 aliphatic heterocycles. The van der Waals surface area contributed by atoms with Crippen molar-refractivity contribution < 1.29 is 9.13 Å². The fourth-order valence-electron chi connectivity index (χ4n) is 3.86. The second-order valence-corrected chi connectivity index (χ2v) is 7.35. The zero-order valence-corrected chi connectivity index (χ0v) is 19.5. The quantitative estimate of drug-likeness (QED) is 0.340. The van der Waals surface area contributed by atoms with Gasteiger partial charge in [-0.3, -0.25) is 0 Å². The normalized spacial score (nSPS) is 16.0. The van der Waals surface area contributed by atoms with Crippen LogP contribution in [0, 0.1) is 12.7 Å². The molecule has 0 atom stereocenters. The molecule has 0 unspecified atom stereocenters.